The van der Waals surface area contributed by atoms with Crippen molar-refractivity contribution in [3.8, 4) is 0 Å². The lowest BCUT2D eigenvalue weighted by Crippen LogP contribution is -1.88. The molecular formula is C8H8N. The minimum absolute atomic E-state index is 0.685. The van der Waals surface area contributed by atoms with E-state index in [1.54, 1.807) is 0 Å². The number of rotatable bonds is 0. The van der Waals surface area contributed by atoms with Crippen molar-refractivity contribution in [3.63, 3.8) is 0 Å². The SMILES string of the molecule is C=C1[N]C(=C)C(=C)C1=C. The van der Waals surface area contributed by atoms with Crippen molar-refractivity contribution >= 4 is 0 Å². The number of hydrogen-bond donors (Lipinski definition) is 0. The van der Waals surface area contributed by atoms with Gasteiger partial charge in [0.1, 0.15) is 0 Å². The highest BCUT2D eigenvalue weighted by Gasteiger charge is 2.17. The molecule has 0 spiro atoms. The molecule has 0 aromatic rings. The van der Waals surface area contributed by atoms with Gasteiger partial charge in [-0.15, -0.1) is 0 Å². The van der Waals surface area contributed by atoms with E-state index in [0.29, 0.717) is 11.4 Å². The minimum Gasteiger partial charge on any atom is -0.249 e. The number of nitrogens with zero attached hydrogens (tertiary/aromatic N) is 1. The van der Waals surface area contributed by atoms with Crippen molar-refractivity contribution in [2.45, 2.75) is 0 Å². The normalized spacial score (nSPS) is 18.7. The number of allylic oxidation sites excluding steroid dienone is 2. The van der Waals surface area contributed by atoms with E-state index in [9.17, 15) is 0 Å². The average Bonchev–Trinajstić information content (AvgIpc) is 1.98. The highest BCUT2D eigenvalue weighted by molar-refractivity contribution is 5.57. The van der Waals surface area contributed by atoms with E-state index in [1.807, 2.05) is 0 Å². The monoisotopic (exact) mass is 118 g/mol. The first-order valence-electron chi connectivity index (χ1n) is 2.61. The molecule has 0 aromatic carbocycles. The largest absolute Gasteiger partial charge is 0.249 e. The van der Waals surface area contributed by atoms with Gasteiger partial charge in [0.05, 0.1) is 11.4 Å². The van der Waals surface area contributed by atoms with Gasteiger partial charge < -0.3 is 0 Å². The van der Waals surface area contributed by atoms with Gasteiger partial charge in [0, 0.05) is 11.1 Å². The molecule has 0 atom stereocenters. The lowest BCUT2D eigenvalue weighted by Gasteiger charge is -1.88. The summed E-state index contributed by atoms with van der Waals surface area (Å²) < 4.78 is 0. The minimum atomic E-state index is 0.685. The van der Waals surface area contributed by atoms with E-state index < -0.39 is 0 Å². The second kappa shape index (κ2) is 1.62. The lowest BCUT2D eigenvalue weighted by atomic mass is 10.1. The van der Waals surface area contributed by atoms with E-state index in [-0.39, 0.29) is 0 Å². The molecule has 1 heterocycles. The van der Waals surface area contributed by atoms with Crippen LogP contribution in [0.3, 0.4) is 0 Å². The average molecular weight is 118 g/mol. The van der Waals surface area contributed by atoms with Gasteiger partial charge >= 0.3 is 0 Å². The molecule has 1 fully saturated rings. The van der Waals surface area contributed by atoms with Crippen LogP contribution in [0.4, 0.5) is 0 Å². The fourth-order valence-electron chi connectivity index (χ4n) is 0.646. The molecule has 0 bridgehead atoms. The molecule has 1 radical (unpaired) electrons. The summed E-state index contributed by atoms with van der Waals surface area (Å²) >= 11 is 0. The molecule has 0 amide bonds. The Morgan fingerprint density at radius 1 is 0.778 bits per heavy atom. The molecule has 1 aliphatic rings. The second-order valence-corrected chi connectivity index (χ2v) is 1.96. The van der Waals surface area contributed by atoms with Gasteiger partial charge in [-0.3, -0.25) is 0 Å². The molecule has 1 rings (SSSR count). The first kappa shape index (κ1) is 5.89. The zero-order valence-corrected chi connectivity index (χ0v) is 5.28. The fraction of sp³-hybridized carbons (Fsp3) is 0. The van der Waals surface area contributed by atoms with Crippen molar-refractivity contribution in [3.05, 3.63) is 48.9 Å². The zero-order valence-electron chi connectivity index (χ0n) is 5.28. The summed E-state index contributed by atoms with van der Waals surface area (Å²) in [5, 5.41) is 3.96. The summed E-state index contributed by atoms with van der Waals surface area (Å²) in [4.78, 5) is 0. The molecule has 0 aliphatic carbocycles. The highest BCUT2D eigenvalue weighted by Crippen LogP contribution is 2.27. The summed E-state index contributed by atoms with van der Waals surface area (Å²) in [5.74, 6) is 0. The van der Waals surface area contributed by atoms with Crippen LogP contribution in [0, 0.1) is 0 Å². The van der Waals surface area contributed by atoms with Gasteiger partial charge in [0.25, 0.3) is 0 Å². The molecular weight excluding hydrogens is 110 g/mol. The van der Waals surface area contributed by atoms with Gasteiger partial charge in [0.15, 0.2) is 0 Å². The topological polar surface area (TPSA) is 14.1 Å². The molecule has 1 heteroatoms. The Labute approximate surface area is 55.1 Å². The van der Waals surface area contributed by atoms with Crippen LogP contribution in [0.1, 0.15) is 0 Å². The molecule has 1 nitrogen and oxygen atoms in total. The Hall–Kier alpha value is -1.24. The van der Waals surface area contributed by atoms with Gasteiger partial charge in [-0.2, -0.15) is 0 Å². The second-order valence-electron chi connectivity index (χ2n) is 1.96. The van der Waals surface area contributed by atoms with Gasteiger partial charge in [-0.1, -0.05) is 26.3 Å². The van der Waals surface area contributed by atoms with Crippen molar-refractivity contribution in [1.29, 1.82) is 0 Å². The Morgan fingerprint density at radius 2 is 1.11 bits per heavy atom. The molecule has 1 aliphatic heterocycles. The van der Waals surface area contributed by atoms with E-state index in [4.69, 9.17) is 0 Å². The molecule has 0 N–H and O–H groups in total. The van der Waals surface area contributed by atoms with Crippen LogP contribution >= 0.6 is 0 Å². The maximum absolute atomic E-state index is 3.96. The summed E-state index contributed by atoms with van der Waals surface area (Å²) in [5.41, 5.74) is 2.98. The van der Waals surface area contributed by atoms with E-state index in [1.165, 1.54) is 0 Å². The molecule has 0 saturated carbocycles. The Bertz CT molecular complexity index is 197. The summed E-state index contributed by atoms with van der Waals surface area (Å²) in [6.45, 7) is 14.7. The summed E-state index contributed by atoms with van der Waals surface area (Å²) in [6.07, 6.45) is 0. The van der Waals surface area contributed by atoms with Crippen LogP contribution in [-0.2, 0) is 0 Å². The van der Waals surface area contributed by atoms with Gasteiger partial charge in [-0.05, 0) is 0 Å². The maximum Gasteiger partial charge on any atom is 0.0638 e. The molecule has 45 valence electrons. The molecule has 0 aromatic heterocycles. The smallest absolute Gasteiger partial charge is 0.0638 e. The predicted molar refractivity (Wildman–Crippen MR) is 38.7 cm³/mol. The molecule has 0 unspecified atom stereocenters. The van der Waals surface area contributed by atoms with E-state index >= 15 is 0 Å². The maximum atomic E-state index is 3.96. The quantitative estimate of drug-likeness (QED) is 0.460. The van der Waals surface area contributed by atoms with Crippen LogP contribution in [-0.4, -0.2) is 0 Å². The van der Waals surface area contributed by atoms with Crippen molar-refractivity contribution < 1.29 is 0 Å². The predicted octanol–water partition coefficient (Wildman–Crippen LogP) is 1.74. The van der Waals surface area contributed by atoms with E-state index in [0.717, 1.165) is 11.1 Å². The van der Waals surface area contributed by atoms with E-state index in [2.05, 4.69) is 31.6 Å². The Morgan fingerprint density at radius 3 is 1.22 bits per heavy atom. The summed E-state index contributed by atoms with van der Waals surface area (Å²) in [6, 6.07) is 0. The Kier molecular flexibility index (Phi) is 1.06. The molecule has 9 heavy (non-hydrogen) atoms. The van der Waals surface area contributed by atoms with Crippen molar-refractivity contribution in [1.82, 2.24) is 5.32 Å². The number of hydrogen-bond acceptors (Lipinski definition) is 0. The molecule has 1 saturated heterocycles. The third-order valence-corrected chi connectivity index (χ3v) is 1.33. The highest BCUT2D eigenvalue weighted by atomic mass is 14.9. The van der Waals surface area contributed by atoms with Crippen LogP contribution in [0.2, 0.25) is 0 Å². The third-order valence-electron chi connectivity index (χ3n) is 1.33. The Balaban J connectivity index is 3.04. The van der Waals surface area contributed by atoms with Gasteiger partial charge in [-0.25, -0.2) is 5.32 Å². The van der Waals surface area contributed by atoms with Crippen LogP contribution in [0.5, 0.6) is 0 Å². The lowest BCUT2D eigenvalue weighted by molar-refractivity contribution is 1.09. The van der Waals surface area contributed by atoms with Crippen molar-refractivity contribution in [2.75, 3.05) is 0 Å². The van der Waals surface area contributed by atoms with Crippen LogP contribution < -0.4 is 5.32 Å². The van der Waals surface area contributed by atoms with Crippen LogP contribution in [0.25, 0.3) is 0 Å². The standard InChI is InChI=1S/C8H8N/c1-5-6(2)8(4)9-7(5)3/h1-4H2. The summed E-state index contributed by atoms with van der Waals surface area (Å²) in [7, 11) is 0. The third kappa shape index (κ3) is 0.703. The van der Waals surface area contributed by atoms with Crippen LogP contribution in [0.15, 0.2) is 48.9 Å². The van der Waals surface area contributed by atoms with Crippen molar-refractivity contribution in [2.24, 2.45) is 0 Å². The van der Waals surface area contributed by atoms with Gasteiger partial charge in [0.2, 0.25) is 0 Å². The zero-order chi connectivity index (χ0) is 7.02. The first-order chi connectivity index (χ1) is 4.13. The fourth-order valence-corrected chi connectivity index (χ4v) is 0.646. The first-order valence-corrected chi connectivity index (χ1v) is 2.61.